The molecule has 0 spiro atoms. The van der Waals surface area contributed by atoms with Gasteiger partial charge in [-0.2, -0.15) is 0 Å². The molecule has 0 heterocycles. The van der Waals surface area contributed by atoms with Gasteiger partial charge in [0.1, 0.15) is 0 Å². The minimum atomic E-state index is -0.545. The van der Waals surface area contributed by atoms with E-state index in [2.05, 4.69) is 5.32 Å². The van der Waals surface area contributed by atoms with Gasteiger partial charge in [-0.15, -0.1) is 0 Å². The van der Waals surface area contributed by atoms with Crippen molar-refractivity contribution in [3.63, 3.8) is 0 Å². The molecule has 4 bridgehead atoms. The molecular weight excluding hydrogens is 362 g/mol. The monoisotopic (exact) mass is 389 g/mol. The van der Waals surface area contributed by atoms with Crippen LogP contribution in [0.25, 0.3) is 0 Å². The molecule has 4 aliphatic carbocycles. The number of nitrogen functional groups attached to an aromatic ring is 1. The summed E-state index contributed by atoms with van der Waals surface area (Å²) < 4.78 is 0. The molecule has 4 aliphatic rings. The first kappa shape index (κ1) is 18.2. The summed E-state index contributed by atoms with van der Waals surface area (Å²) in [6, 6.07) is 16.3. The Labute approximate surface area is 171 Å². The van der Waals surface area contributed by atoms with E-state index in [1.807, 2.05) is 30.3 Å². The maximum atomic E-state index is 13.3. The van der Waals surface area contributed by atoms with E-state index in [0.29, 0.717) is 34.8 Å². The Kier molecular flexibility index (Phi) is 4.34. The molecule has 4 saturated carbocycles. The molecule has 6 rings (SSSR count). The zero-order valence-corrected chi connectivity index (χ0v) is 16.5. The number of amides is 2. The van der Waals surface area contributed by atoms with Gasteiger partial charge in [0, 0.05) is 22.6 Å². The van der Waals surface area contributed by atoms with Gasteiger partial charge in [0.2, 0.25) is 0 Å². The quantitative estimate of drug-likeness (QED) is 0.615. The molecule has 0 atom stereocenters. The number of anilines is 3. The number of hydrogen-bond acceptors (Lipinski definition) is 3. The van der Waals surface area contributed by atoms with Gasteiger partial charge in [0.25, 0.3) is 0 Å². The largest absolute Gasteiger partial charge is 0.399 e. The fourth-order valence-electron chi connectivity index (χ4n) is 6.24. The van der Waals surface area contributed by atoms with Gasteiger partial charge in [-0.25, -0.2) is 0 Å². The summed E-state index contributed by atoms with van der Waals surface area (Å²) >= 11 is 0. The number of hydrogen-bond donors (Lipinski definition) is 2. The highest BCUT2D eigenvalue weighted by Gasteiger charge is 2.52. The summed E-state index contributed by atoms with van der Waals surface area (Å²) in [6.07, 6.45) is 6.95. The Morgan fingerprint density at radius 1 is 0.828 bits per heavy atom. The Bertz CT molecular complexity index is 888. The summed E-state index contributed by atoms with van der Waals surface area (Å²) in [5.41, 5.74) is 7.55. The van der Waals surface area contributed by atoms with Crippen LogP contribution in [0.15, 0.2) is 54.6 Å². The third kappa shape index (κ3) is 3.39. The van der Waals surface area contributed by atoms with Crippen LogP contribution >= 0.6 is 0 Å². The highest BCUT2D eigenvalue weighted by Crippen LogP contribution is 2.55. The van der Waals surface area contributed by atoms with E-state index in [0.717, 1.165) is 19.3 Å². The summed E-state index contributed by atoms with van der Waals surface area (Å²) in [5.74, 6) is 1.07. The number of nitrogens with one attached hydrogen (secondary N) is 1. The van der Waals surface area contributed by atoms with E-state index >= 15 is 0 Å². The SMILES string of the molecule is Nc1ccc(N(C(=O)C(=O)NC23CC4CC(CC(C4)C2)C3)c2ccccc2)cc1. The molecule has 29 heavy (non-hydrogen) atoms. The van der Waals surface area contributed by atoms with Gasteiger partial charge in [-0.1, -0.05) is 18.2 Å². The minimum absolute atomic E-state index is 0.190. The molecule has 3 N–H and O–H groups in total. The molecule has 2 amide bonds. The van der Waals surface area contributed by atoms with Crippen molar-refractivity contribution >= 4 is 28.9 Å². The number of carbonyl (C=O) groups is 2. The zero-order valence-electron chi connectivity index (χ0n) is 16.5. The van der Waals surface area contributed by atoms with Crippen LogP contribution in [-0.4, -0.2) is 17.4 Å². The number of carbonyl (C=O) groups excluding carboxylic acids is 2. The Balaban J connectivity index is 1.41. The normalized spacial score (nSPS) is 29.4. The second-order valence-corrected chi connectivity index (χ2v) is 9.22. The van der Waals surface area contributed by atoms with E-state index < -0.39 is 11.8 Å². The molecule has 0 aromatic heterocycles. The molecule has 150 valence electrons. The van der Waals surface area contributed by atoms with Crippen molar-refractivity contribution in [3.8, 4) is 0 Å². The molecule has 0 radical (unpaired) electrons. The van der Waals surface area contributed by atoms with Crippen molar-refractivity contribution < 1.29 is 9.59 Å². The van der Waals surface area contributed by atoms with Crippen LogP contribution < -0.4 is 16.0 Å². The van der Waals surface area contributed by atoms with Crippen LogP contribution in [0, 0.1) is 17.8 Å². The lowest BCUT2D eigenvalue weighted by Gasteiger charge is -2.56. The second-order valence-electron chi connectivity index (χ2n) is 9.22. The van der Waals surface area contributed by atoms with Crippen molar-refractivity contribution in [2.24, 2.45) is 17.8 Å². The lowest BCUT2D eigenvalue weighted by Crippen LogP contribution is -2.61. The third-order valence-corrected chi connectivity index (χ3v) is 6.98. The van der Waals surface area contributed by atoms with Crippen molar-refractivity contribution in [1.29, 1.82) is 0 Å². The molecule has 0 saturated heterocycles. The van der Waals surface area contributed by atoms with E-state index in [9.17, 15) is 9.59 Å². The van der Waals surface area contributed by atoms with Crippen molar-refractivity contribution in [1.82, 2.24) is 5.32 Å². The Morgan fingerprint density at radius 2 is 1.34 bits per heavy atom. The van der Waals surface area contributed by atoms with E-state index in [1.165, 1.54) is 24.2 Å². The van der Waals surface area contributed by atoms with Crippen LogP contribution in [0.3, 0.4) is 0 Å². The predicted octanol–water partition coefficient (Wildman–Crippen LogP) is 4.02. The first-order chi connectivity index (χ1) is 14.0. The maximum absolute atomic E-state index is 13.3. The predicted molar refractivity (Wildman–Crippen MR) is 113 cm³/mol. The van der Waals surface area contributed by atoms with Crippen LogP contribution in [0.2, 0.25) is 0 Å². The number of para-hydroxylation sites is 1. The fraction of sp³-hybridized carbons (Fsp3) is 0.417. The highest BCUT2D eigenvalue weighted by molar-refractivity contribution is 6.42. The molecule has 2 aromatic rings. The van der Waals surface area contributed by atoms with Crippen LogP contribution in [-0.2, 0) is 9.59 Å². The van der Waals surface area contributed by atoms with Crippen molar-refractivity contribution in [3.05, 3.63) is 54.6 Å². The van der Waals surface area contributed by atoms with Gasteiger partial charge in [-0.3, -0.25) is 14.5 Å². The van der Waals surface area contributed by atoms with Gasteiger partial charge in [-0.05, 0) is 92.7 Å². The van der Waals surface area contributed by atoms with Crippen LogP contribution in [0.1, 0.15) is 38.5 Å². The van der Waals surface area contributed by atoms with Crippen LogP contribution in [0.5, 0.6) is 0 Å². The lowest BCUT2D eigenvalue weighted by atomic mass is 9.53. The summed E-state index contributed by atoms with van der Waals surface area (Å²) in [7, 11) is 0. The number of nitrogens with two attached hydrogens (primary N) is 1. The zero-order chi connectivity index (χ0) is 20.0. The minimum Gasteiger partial charge on any atom is -0.399 e. The number of nitrogens with zero attached hydrogens (tertiary/aromatic N) is 1. The fourth-order valence-corrected chi connectivity index (χ4v) is 6.24. The van der Waals surface area contributed by atoms with Crippen molar-refractivity contribution in [2.45, 2.75) is 44.1 Å². The molecule has 4 fully saturated rings. The molecule has 0 aliphatic heterocycles. The van der Waals surface area contributed by atoms with Gasteiger partial charge < -0.3 is 11.1 Å². The van der Waals surface area contributed by atoms with Crippen molar-refractivity contribution in [2.75, 3.05) is 10.6 Å². The summed E-state index contributed by atoms with van der Waals surface area (Å²) in [5, 5.41) is 3.20. The first-order valence-corrected chi connectivity index (χ1v) is 10.6. The summed E-state index contributed by atoms with van der Waals surface area (Å²) in [6.45, 7) is 0. The molecule has 5 nitrogen and oxygen atoms in total. The molecule has 2 aromatic carbocycles. The van der Waals surface area contributed by atoms with Crippen LogP contribution in [0.4, 0.5) is 17.1 Å². The first-order valence-electron chi connectivity index (χ1n) is 10.6. The lowest BCUT2D eigenvalue weighted by molar-refractivity contribution is -0.140. The maximum Gasteiger partial charge on any atom is 0.320 e. The summed E-state index contributed by atoms with van der Waals surface area (Å²) in [4.78, 5) is 28.0. The highest BCUT2D eigenvalue weighted by atomic mass is 16.2. The molecule has 5 heteroatoms. The topological polar surface area (TPSA) is 75.4 Å². The van der Waals surface area contributed by atoms with E-state index in [4.69, 9.17) is 5.73 Å². The number of benzene rings is 2. The second kappa shape index (κ2) is 6.90. The molecular formula is C24H27N3O2. The van der Waals surface area contributed by atoms with Gasteiger partial charge >= 0.3 is 11.8 Å². The standard InChI is InChI=1S/C24H27N3O2/c25-19-6-8-21(9-7-19)27(20-4-2-1-3-5-20)23(29)22(28)26-24-13-16-10-17(14-24)12-18(11-16)15-24/h1-9,16-18H,10-15,25H2,(H,26,28). The van der Waals surface area contributed by atoms with Gasteiger partial charge in [0.05, 0.1) is 0 Å². The number of rotatable bonds is 3. The average molecular weight is 389 g/mol. The smallest absolute Gasteiger partial charge is 0.320 e. The third-order valence-electron chi connectivity index (χ3n) is 6.98. The Hall–Kier alpha value is -2.82. The Morgan fingerprint density at radius 3 is 1.90 bits per heavy atom. The van der Waals surface area contributed by atoms with E-state index in [1.54, 1.807) is 24.3 Å². The van der Waals surface area contributed by atoms with Gasteiger partial charge in [0.15, 0.2) is 0 Å². The average Bonchev–Trinajstić information content (AvgIpc) is 2.69. The molecule has 0 unspecified atom stereocenters. The van der Waals surface area contributed by atoms with E-state index in [-0.39, 0.29) is 5.54 Å².